The lowest BCUT2D eigenvalue weighted by Crippen LogP contribution is -2.40. The van der Waals surface area contributed by atoms with E-state index in [9.17, 15) is 9.59 Å². The molecule has 0 saturated heterocycles. The summed E-state index contributed by atoms with van der Waals surface area (Å²) in [4.78, 5) is 21.2. The summed E-state index contributed by atoms with van der Waals surface area (Å²) in [7, 11) is 1.32. The van der Waals surface area contributed by atoms with Crippen molar-refractivity contribution in [2.45, 2.75) is 38.8 Å². The van der Waals surface area contributed by atoms with Crippen molar-refractivity contribution in [1.29, 1.82) is 0 Å². The first kappa shape index (κ1) is 12.9. The quantitative estimate of drug-likeness (QED) is 0.611. The van der Waals surface area contributed by atoms with Gasteiger partial charge in [-0.2, -0.15) is 0 Å². The number of esters is 1. The molecule has 0 heterocycles. The van der Waals surface area contributed by atoms with Crippen LogP contribution in [0.3, 0.4) is 0 Å². The first-order valence-corrected chi connectivity index (χ1v) is 4.53. The van der Waals surface area contributed by atoms with Gasteiger partial charge in [-0.1, -0.05) is 0 Å². The third-order valence-corrected chi connectivity index (χ3v) is 1.88. The summed E-state index contributed by atoms with van der Waals surface area (Å²) >= 11 is 0. The maximum Gasteiger partial charge on any atom is 0.322 e. The molecule has 1 unspecified atom stereocenters. The molecule has 0 bridgehead atoms. The zero-order chi connectivity index (χ0) is 11.1. The van der Waals surface area contributed by atoms with Gasteiger partial charge in [0.2, 0.25) is 0 Å². The van der Waals surface area contributed by atoms with Crippen LogP contribution in [0.1, 0.15) is 26.7 Å². The zero-order valence-corrected chi connectivity index (χ0v) is 8.74. The number of nitrogens with one attached hydrogen (secondary N) is 1. The Morgan fingerprint density at radius 2 is 2.00 bits per heavy atom. The highest BCUT2D eigenvalue weighted by atomic mass is 16.5. The van der Waals surface area contributed by atoms with Crippen molar-refractivity contribution in [3.8, 4) is 0 Å². The predicted octanol–water partition coefficient (Wildman–Crippen LogP) is 0.391. The van der Waals surface area contributed by atoms with Gasteiger partial charge in [0.1, 0.15) is 6.04 Å². The molecule has 0 aromatic heterocycles. The van der Waals surface area contributed by atoms with E-state index in [1.165, 1.54) is 7.11 Å². The van der Waals surface area contributed by atoms with Gasteiger partial charge in [-0.05, 0) is 20.3 Å². The van der Waals surface area contributed by atoms with E-state index in [2.05, 4.69) is 10.1 Å². The second-order valence-electron chi connectivity index (χ2n) is 3.24. The molecule has 0 saturated carbocycles. The monoisotopic (exact) mass is 203 g/mol. The van der Waals surface area contributed by atoms with Crippen LogP contribution in [0.2, 0.25) is 0 Å². The minimum atomic E-state index is -0.829. The van der Waals surface area contributed by atoms with Crippen LogP contribution in [-0.4, -0.2) is 36.2 Å². The topological polar surface area (TPSA) is 75.6 Å². The second-order valence-corrected chi connectivity index (χ2v) is 3.24. The molecule has 0 aliphatic carbocycles. The summed E-state index contributed by atoms with van der Waals surface area (Å²) in [6.07, 6.45) is 0.596. The molecule has 82 valence electrons. The van der Waals surface area contributed by atoms with Gasteiger partial charge in [0, 0.05) is 12.5 Å². The van der Waals surface area contributed by atoms with E-state index >= 15 is 0 Å². The Morgan fingerprint density at radius 1 is 1.43 bits per heavy atom. The number of ether oxygens (including phenoxy) is 1. The number of carboxylic acids is 1. The molecular weight excluding hydrogens is 186 g/mol. The first-order chi connectivity index (χ1) is 6.47. The van der Waals surface area contributed by atoms with Crippen molar-refractivity contribution in [3.63, 3.8) is 0 Å². The van der Waals surface area contributed by atoms with Crippen LogP contribution in [0.5, 0.6) is 0 Å². The highest BCUT2D eigenvalue weighted by Crippen LogP contribution is 1.98. The molecule has 0 radical (unpaired) electrons. The van der Waals surface area contributed by atoms with Crippen molar-refractivity contribution >= 4 is 11.9 Å². The van der Waals surface area contributed by atoms with Crippen molar-refractivity contribution < 1.29 is 19.4 Å². The minimum absolute atomic E-state index is 0.0137. The number of hydrogen-bond donors (Lipinski definition) is 2. The van der Waals surface area contributed by atoms with E-state index < -0.39 is 12.0 Å². The van der Waals surface area contributed by atoms with Crippen LogP contribution < -0.4 is 5.32 Å². The Labute approximate surface area is 83.4 Å². The van der Waals surface area contributed by atoms with E-state index in [-0.39, 0.29) is 18.4 Å². The number of carboxylic acid groups (broad SMARTS) is 1. The Hall–Kier alpha value is -1.10. The van der Waals surface area contributed by atoms with Crippen LogP contribution in [0.25, 0.3) is 0 Å². The number of aliphatic carboxylic acids is 1. The third kappa shape index (κ3) is 5.53. The number of carbonyl (C=O) groups excluding carboxylic acids is 1. The molecule has 0 aliphatic heterocycles. The summed E-state index contributed by atoms with van der Waals surface area (Å²) in [6.45, 7) is 3.52. The Kier molecular flexibility index (Phi) is 5.87. The van der Waals surface area contributed by atoms with Crippen LogP contribution >= 0.6 is 0 Å². The number of carbonyl (C=O) groups is 2. The Morgan fingerprint density at radius 3 is 2.43 bits per heavy atom. The molecule has 0 amide bonds. The molecule has 0 spiro atoms. The highest BCUT2D eigenvalue weighted by molar-refractivity contribution is 5.75. The molecule has 0 aromatic rings. The Balaban J connectivity index is 3.76. The van der Waals surface area contributed by atoms with Gasteiger partial charge in [-0.25, -0.2) is 0 Å². The summed E-state index contributed by atoms with van der Waals surface area (Å²) in [5.74, 6) is -1.17. The maximum absolute atomic E-state index is 11.0. The molecule has 0 fully saturated rings. The van der Waals surface area contributed by atoms with Gasteiger partial charge in [0.25, 0.3) is 0 Å². The average molecular weight is 203 g/mol. The fraction of sp³-hybridized carbons (Fsp3) is 0.778. The number of hydrogen-bond acceptors (Lipinski definition) is 4. The zero-order valence-electron chi connectivity index (χ0n) is 8.74. The SMILES string of the molecule is COC(=O)[C@H](C)NC(C)CCC(=O)O. The molecule has 2 N–H and O–H groups in total. The molecule has 0 aromatic carbocycles. The maximum atomic E-state index is 11.0. The molecular formula is C9H17NO4. The van der Waals surface area contributed by atoms with Gasteiger partial charge >= 0.3 is 11.9 Å². The first-order valence-electron chi connectivity index (χ1n) is 4.53. The average Bonchev–Trinajstić information content (AvgIpc) is 2.13. The fourth-order valence-electron chi connectivity index (χ4n) is 1.09. The van der Waals surface area contributed by atoms with Crippen molar-refractivity contribution in [1.82, 2.24) is 5.32 Å². The molecule has 5 heteroatoms. The van der Waals surface area contributed by atoms with E-state index in [0.29, 0.717) is 6.42 Å². The number of methoxy groups -OCH3 is 1. The lowest BCUT2D eigenvalue weighted by atomic mass is 10.1. The minimum Gasteiger partial charge on any atom is -0.481 e. The van der Waals surface area contributed by atoms with Crippen LogP contribution in [0.4, 0.5) is 0 Å². The molecule has 0 rings (SSSR count). The standard InChI is InChI=1S/C9H17NO4/c1-6(4-5-8(11)12)10-7(2)9(13)14-3/h6-7,10H,4-5H2,1-3H3,(H,11,12)/t6?,7-/m0/s1. The van der Waals surface area contributed by atoms with Crippen molar-refractivity contribution in [2.75, 3.05) is 7.11 Å². The summed E-state index contributed by atoms with van der Waals surface area (Å²) in [6, 6.07) is -0.413. The van der Waals surface area contributed by atoms with Gasteiger partial charge in [0.15, 0.2) is 0 Å². The molecule has 0 aliphatic rings. The van der Waals surface area contributed by atoms with E-state index in [4.69, 9.17) is 5.11 Å². The highest BCUT2D eigenvalue weighted by Gasteiger charge is 2.15. The normalized spacial score (nSPS) is 14.5. The Bertz CT molecular complexity index is 205. The lowest BCUT2D eigenvalue weighted by molar-refractivity contribution is -0.142. The smallest absolute Gasteiger partial charge is 0.322 e. The third-order valence-electron chi connectivity index (χ3n) is 1.88. The largest absolute Gasteiger partial charge is 0.481 e. The van der Waals surface area contributed by atoms with Crippen molar-refractivity contribution in [3.05, 3.63) is 0 Å². The lowest BCUT2D eigenvalue weighted by Gasteiger charge is -2.17. The van der Waals surface area contributed by atoms with Crippen LogP contribution in [0.15, 0.2) is 0 Å². The van der Waals surface area contributed by atoms with Gasteiger partial charge in [-0.3, -0.25) is 9.59 Å². The van der Waals surface area contributed by atoms with Crippen LogP contribution in [-0.2, 0) is 14.3 Å². The van der Waals surface area contributed by atoms with Crippen LogP contribution in [0, 0.1) is 0 Å². The molecule has 14 heavy (non-hydrogen) atoms. The summed E-state index contributed by atoms with van der Waals surface area (Å²) in [5, 5.41) is 11.4. The van der Waals surface area contributed by atoms with Gasteiger partial charge in [-0.15, -0.1) is 0 Å². The summed E-state index contributed by atoms with van der Waals surface area (Å²) in [5.41, 5.74) is 0. The van der Waals surface area contributed by atoms with Gasteiger partial charge < -0.3 is 15.2 Å². The number of rotatable bonds is 6. The molecule has 2 atom stereocenters. The fourth-order valence-corrected chi connectivity index (χ4v) is 1.09. The summed E-state index contributed by atoms with van der Waals surface area (Å²) < 4.78 is 4.52. The second kappa shape index (κ2) is 6.37. The van der Waals surface area contributed by atoms with E-state index in [1.807, 2.05) is 6.92 Å². The van der Waals surface area contributed by atoms with E-state index in [0.717, 1.165) is 0 Å². The van der Waals surface area contributed by atoms with Crippen molar-refractivity contribution in [2.24, 2.45) is 0 Å². The molecule has 5 nitrogen and oxygen atoms in total. The van der Waals surface area contributed by atoms with Gasteiger partial charge in [0.05, 0.1) is 7.11 Å². The van der Waals surface area contributed by atoms with E-state index in [1.54, 1.807) is 6.92 Å². The predicted molar refractivity (Wildman–Crippen MR) is 50.9 cm³/mol.